The number of nitrogens with one attached hydrogen (secondary N) is 1. The van der Waals surface area contributed by atoms with Gasteiger partial charge in [-0.25, -0.2) is 4.98 Å². The van der Waals surface area contributed by atoms with E-state index in [0.29, 0.717) is 53.8 Å². The third-order valence-corrected chi connectivity index (χ3v) is 7.26. The Kier molecular flexibility index (Phi) is 5.37. The van der Waals surface area contributed by atoms with Gasteiger partial charge in [0.15, 0.2) is 0 Å². The lowest BCUT2D eigenvalue weighted by molar-refractivity contribution is -0.119. The molecule has 1 aromatic heterocycles. The number of nitrogens with zero attached hydrogens (tertiary/aromatic N) is 1. The van der Waals surface area contributed by atoms with Crippen LogP contribution in [0.4, 0.5) is 5.82 Å². The molecular formula is C27H23ClN2O5. The van der Waals surface area contributed by atoms with Gasteiger partial charge in [0.2, 0.25) is 5.91 Å². The Balaban J connectivity index is 1.13. The second-order valence-electron chi connectivity index (χ2n) is 9.14. The number of carbonyl (C=O) groups is 2. The summed E-state index contributed by atoms with van der Waals surface area (Å²) in [5, 5.41) is 3.33. The number of ether oxygens (including phenoxy) is 3. The number of halogens is 1. The van der Waals surface area contributed by atoms with E-state index >= 15 is 0 Å². The number of benzene rings is 2. The molecule has 0 saturated heterocycles. The Bertz CT molecular complexity index is 1360. The van der Waals surface area contributed by atoms with Crippen LogP contribution in [-0.4, -0.2) is 29.9 Å². The molecule has 1 fully saturated rings. The summed E-state index contributed by atoms with van der Waals surface area (Å²) >= 11 is 6.31. The maximum Gasteiger partial charge on any atom is 0.225 e. The van der Waals surface area contributed by atoms with Crippen LogP contribution < -0.4 is 19.5 Å². The molecule has 3 aromatic rings. The van der Waals surface area contributed by atoms with Crippen LogP contribution in [0.3, 0.4) is 0 Å². The summed E-state index contributed by atoms with van der Waals surface area (Å²) in [7, 11) is 1.58. The van der Waals surface area contributed by atoms with Crippen molar-refractivity contribution in [1.82, 2.24) is 4.98 Å². The van der Waals surface area contributed by atoms with E-state index in [0.717, 1.165) is 22.4 Å². The molecule has 0 radical (unpaired) electrons. The van der Waals surface area contributed by atoms with E-state index in [9.17, 15) is 9.59 Å². The Morgan fingerprint density at radius 1 is 1.17 bits per heavy atom. The lowest BCUT2D eigenvalue weighted by atomic mass is 10.0. The second kappa shape index (κ2) is 8.57. The third kappa shape index (κ3) is 4.10. The molecule has 1 aliphatic carbocycles. The number of carbonyl (C=O) groups excluding carboxylic acids is 2. The van der Waals surface area contributed by atoms with Crippen molar-refractivity contribution in [2.75, 3.05) is 12.4 Å². The van der Waals surface area contributed by atoms with Crippen LogP contribution in [0.25, 0.3) is 0 Å². The predicted octanol–water partition coefficient (Wildman–Crippen LogP) is 5.10. The molecule has 8 heteroatoms. The number of rotatable bonds is 7. The summed E-state index contributed by atoms with van der Waals surface area (Å²) in [5.41, 5.74) is 2.77. The van der Waals surface area contributed by atoms with Crippen molar-refractivity contribution < 1.29 is 23.8 Å². The third-order valence-electron chi connectivity index (χ3n) is 6.91. The first-order valence-electron chi connectivity index (χ1n) is 11.6. The van der Waals surface area contributed by atoms with Crippen LogP contribution in [0, 0.1) is 5.92 Å². The summed E-state index contributed by atoms with van der Waals surface area (Å²) < 4.78 is 17.5. The van der Waals surface area contributed by atoms with Crippen LogP contribution in [0.1, 0.15) is 35.4 Å². The van der Waals surface area contributed by atoms with E-state index in [2.05, 4.69) is 10.3 Å². The zero-order valence-corrected chi connectivity index (χ0v) is 19.8. The molecule has 1 amide bonds. The van der Waals surface area contributed by atoms with Gasteiger partial charge in [0.05, 0.1) is 7.11 Å². The monoisotopic (exact) mass is 490 g/mol. The fourth-order valence-corrected chi connectivity index (χ4v) is 5.32. The molecule has 0 spiro atoms. The van der Waals surface area contributed by atoms with Gasteiger partial charge in [-0.05, 0) is 48.4 Å². The topological polar surface area (TPSA) is 86.8 Å². The van der Waals surface area contributed by atoms with Gasteiger partial charge >= 0.3 is 0 Å². The van der Waals surface area contributed by atoms with Crippen molar-refractivity contribution in [3.05, 3.63) is 70.4 Å². The molecule has 35 heavy (non-hydrogen) atoms. The molecule has 178 valence electrons. The van der Waals surface area contributed by atoms with E-state index < -0.39 is 0 Å². The van der Waals surface area contributed by atoms with Gasteiger partial charge in [0, 0.05) is 53.4 Å². The molecule has 3 aliphatic rings. The summed E-state index contributed by atoms with van der Waals surface area (Å²) in [6.45, 7) is 0. The number of amides is 1. The fraction of sp³-hybridized carbons (Fsp3) is 0.296. The molecule has 2 aromatic carbocycles. The van der Waals surface area contributed by atoms with E-state index in [-0.39, 0.29) is 29.6 Å². The highest BCUT2D eigenvalue weighted by molar-refractivity contribution is 6.31. The summed E-state index contributed by atoms with van der Waals surface area (Å²) in [5.74, 6) is 3.90. The van der Waals surface area contributed by atoms with Crippen LogP contribution in [0.5, 0.6) is 23.0 Å². The smallest absolute Gasteiger partial charge is 0.225 e. The highest BCUT2D eigenvalue weighted by atomic mass is 35.5. The maximum atomic E-state index is 12.8. The van der Waals surface area contributed by atoms with E-state index in [1.165, 1.54) is 0 Å². The van der Waals surface area contributed by atoms with Gasteiger partial charge in [0.25, 0.3) is 0 Å². The SMILES string of the molecule is COc1ccc(CC(=O)C[C@@H]2[C@H]3Oc4ccc(Oc5ccnc6c5CCC(=O)N6)cc4[C@@H]23)c(Cl)c1. The fourth-order valence-electron chi connectivity index (χ4n) is 5.08. The molecule has 2 aliphatic heterocycles. The van der Waals surface area contributed by atoms with Crippen molar-refractivity contribution in [1.29, 1.82) is 0 Å². The van der Waals surface area contributed by atoms with Crippen molar-refractivity contribution in [3.8, 4) is 23.0 Å². The van der Waals surface area contributed by atoms with Crippen molar-refractivity contribution >= 4 is 29.1 Å². The first-order chi connectivity index (χ1) is 17.0. The normalized spacial score (nSPS) is 21.2. The Morgan fingerprint density at radius 3 is 2.86 bits per heavy atom. The van der Waals surface area contributed by atoms with Gasteiger partial charge in [-0.3, -0.25) is 9.59 Å². The first kappa shape index (κ1) is 21.9. The second-order valence-corrected chi connectivity index (χ2v) is 9.54. The Labute approximate surface area is 207 Å². The minimum atomic E-state index is -0.0357. The number of ketones is 1. The lowest BCUT2D eigenvalue weighted by Crippen LogP contribution is -2.20. The van der Waals surface area contributed by atoms with E-state index in [1.807, 2.05) is 36.4 Å². The minimum Gasteiger partial charge on any atom is -0.497 e. The minimum absolute atomic E-state index is 0.0273. The summed E-state index contributed by atoms with van der Waals surface area (Å²) in [6, 6.07) is 13.0. The zero-order chi connectivity index (χ0) is 24.1. The van der Waals surface area contributed by atoms with Crippen molar-refractivity contribution in [3.63, 3.8) is 0 Å². The number of aromatic nitrogens is 1. The van der Waals surface area contributed by atoms with Crippen molar-refractivity contribution in [2.24, 2.45) is 5.92 Å². The van der Waals surface area contributed by atoms with Gasteiger partial charge in [0.1, 0.15) is 40.7 Å². The van der Waals surface area contributed by atoms with Crippen LogP contribution >= 0.6 is 11.6 Å². The van der Waals surface area contributed by atoms with Gasteiger partial charge < -0.3 is 19.5 Å². The molecule has 1 saturated carbocycles. The van der Waals surface area contributed by atoms with Crippen LogP contribution in [0.15, 0.2) is 48.7 Å². The van der Waals surface area contributed by atoms with E-state index in [4.69, 9.17) is 25.8 Å². The Hall–Kier alpha value is -3.58. The number of Topliss-reactive ketones (excluding diaryl/α,β-unsaturated/α-hetero) is 1. The molecule has 3 heterocycles. The predicted molar refractivity (Wildman–Crippen MR) is 130 cm³/mol. The Morgan fingerprint density at radius 2 is 2.03 bits per heavy atom. The maximum absolute atomic E-state index is 12.8. The molecule has 0 unspecified atom stereocenters. The molecule has 6 rings (SSSR count). The number of anilines is 1. The number of pyridine rings is 1. The zero-order valence-electron chi connectivity index (χ0n) is 19.0. The quantitative estimate of drug-likeness (QED) is 0.496. The first-order valence-corrected chi connectivity index (χ1v) is 12.0. The molecule has 7 nitrogen and oxygen atoms in total. The molecule has 1 N–H and O–H groups in total. The van der Waals surface area contributed by atoms with E-state index in [1.54, 1.807) is 19.4 Å². The highest BCUT2D eigenvalue weighted by Crippen LogP contribution is 2.60. The van der Waals surface area contributed by atoms with Gasteiger partial charge in [-0.1, -0.05) is 17.7 Å². The molecule has 0 bridgehead atoms. The van der Waals surface area contributed by atoms with Crippen molar-refractivity contribution in [2.45, 2.75) is 37.7 Å². The number of fused-ring (bicyclic) bond motifs is 4. The number of methoxy groups -OCH3 is 1. The van der Waals surface area contributed by atoms with Crippen LogP contribution in [-0.2, 0) is 22.4 Å². The van der Waals surface area contributed by atoms with Gasteiger partial charge in [-0.15, -0.1) is 0 Å². The largest absolute Gasteiger partial charge is 0.497 e. The molecule has 3 atom stereocenters. The van der Waals surface area contributed by atoms with Crippen LogP contribution in [0.2, 0.25) is 5.02 Å². The average molecular weight is 491 g/mol. The lowest BCUT2D eigenvalue weighted by Gasteiger charge is -2.19. The highest BCUT2D eigenvalue weighted by Gasteiger charge is 2.59. The van der Waals surface area contributed by atoms with Gasteiger partial charge in [-0.2, -0.15) is 0 Å². The number of hydrogen-bond acceptors (Lipinski definition) is 6. The average Bonchev–Trinajstić information content (AvgIpc) is 3.36. The standard InChI is InChI=1S/C27H23ClN2O5/c1-33-16-3-2-14(21(28)13-16)10-15(31)11-20-25-19-12-17(4-6-22(19)35-26(20)25)34-23-8-9-29-27-18(23)5-7-24(32)30-27/h2-4,6,8-9,12-13,20,25-26H,5,7,10-11H2,1H3,(H,29,30,32)/t20-,25-,26+/m0/s1. The number of hydrogen-bond donors (Lipinski definition) is 1. The molecular weight excluding hydrogens is 468 g/mol. The summed E-state index contributed by atoms with van der Waals surface area (Å²) in [6.07, 6.45) is 3.39. The summed E-state index contributed by atoms with van der Waals surface area (Å²) in [4.78, 5) is 28.7.